The van der Waals surface area contributed by atoms with Crippen molar-refractivity contribution in [3.8, 4) is 0 Å². The zero-order valence-corrected chi connectivity index (χ0v) is 15.8. The molecule has 7 nitrogen and oxygen atoms in total. The molecule has 0 aliphatic rings. The lowest BCUT2D eigenvalue weighted by molar-refractivity contribution is -0.116. The van der Waals surface area contributed by atoms with Crippen molar-refractivity contribution in [2.45, 2.75) is 12.8 Å². The summed E-state index contributed by atoms with van der Waals surface area (Å²) in [6.45, 7) is -0.0986. The molecule has 28 heavy (non-hydrogen) atoms. The van der Waals surface area contributed by atoms with E-state index in [0.717, 1.165) is 28.8 Å². The first kappa shape index (κ1) is 21.3. The number of nitrogens with zero attached hydrogens (tertiary/aromatic N) is 1. The van der Waals surface area contributed by atoms with Crippen LogP contribution >= 0.6 is 0 Å². The van der Waals surface area contributed by atoms with E-state index in [4.69, 9.17) is 5.73 Å². The number of halogens is 2. The quantitative estimate of drug-likeness (QED) is 0.694. The number of nitrogens with one attached hydrogen (secondary N) is 1. The van der Waals surface area contributed by atoms with Gasteiger partial charge in [0.1, 0.15) is 0 Å². The molecule has 0 aliphatic carbocycles. The Morgan fingerprint density at radius 1 is 1.11 bits per heavy atom. The lowest BCUT2D eigenvalue weighted by atomic mass is 10.2. The van der Waals surface area contributed by atoms with Gasteiger partial charge in [0.05, 0.1) is 11.9 Å². The van der Waals surface area contributed by atoms with E-state index in [2.05, 4.69) is 5.32 Å². The summed E-state index contributed by atoms with van der Waals surface area (Å²) in [5, 5.41) is 2.58. The summed E-state index contributed by atoms with van der Waals surface area (Å²) in [6.07, 6.45) is 1.04. The molecule has 0 atom stereocenters. The number of carbonyl (C=O) groups is 2. The second-order valence-electron chi connectivity index (χ2n) is 6.03. The normalized spacial score (nSPS) is 11.1. The number of hydrogen-bond donors (Lipinski definition) is 2. The molecule has 0 saturated heterocycles. The number of sulfonamides is 1. The molecule has 0 heterocycles. The Kier molecular flexibility index (Phi) is 6.68. The van der Waals surface area contributed by atoms with E-state index in [0.29, 0.717) is 5.69 Å². The Morgan fingerprint density at radius 2 is 1.82 bits per heavy atom. The molecule has 3 N–H and O–H groups in total. The number of amides is 2. The van der Waals surface area contributed by atoms with Crippen LogP contribution in [0.3, 0.4) is 0 Å². The van der Waals surface area contributed by atoms with Crippen molar-refractivity contribution in [2.24, 2.45) is 5.73 Å². The van der Waals surface area contributed by atoms with Crippen molar-refractivity contribution in [1.29, 1.82) is 0 Å². The minimum atomic E-state index is -3.76. The van der Waals surface area contributed by atoms with E-state index in [1.165, 1.54) is 12.1 Å². The van der Waals surface area contributed by atoms with Gasteiger partial charge in [0.2, 0.25) is 21.8 Å². The predicted molar refractivity (Wildman–Crippen MR) is 101 cm³/mol. The summed E-state index contributed by atoms with van der Waals surface area (Å²) in [6, 6.07) is 8.83. The van der Waals surface area contributed by atoms with Gasteiger partial charge in [0, 0.05) is 30.3 Å². The zero-order valence-electron chi connectivity index (χ0n) is 15.0. The van der Waals surface area contributed by atoms with Gasteiger partial charge in [-0.1, -0.05) is 6.07 Å². The molecule has 2 amide bonds. The first-order valence-electron chi connectivity index (χ1n) is 8.20. The fourth-order valence-electron chi connectivity index (χ4n) is 2.48. The van der Waals surface area contributed by atoms with Crippen LogP contribution in [0.2, 0.25) is 0 Å². The summed E-state index contributed by atoms with van der Waals surface area (Å²) in [5.74, 6) is -3.29. The third-order valence-electron chi connectivity index (χ3n) is 3.79. The smallest absolute Gasteiger partial charge is 0.248 e. The van der Waals surface area contributed by atoms with Crippen LogP contribution in [0.15, 0.2) is 42.5 Å². The van der Waals surface area contributed by atoms with Crippen LogP contribution in [0, 0.1) is 11.6 Å². The van der Waals surface area contributed by atoms with Crippen molar-refractivity contribution in [3.63, 3.8) is 0 Å². The van der Waals surface area contributed by atoms with E-state index in [1.54, 1.807) is 12.1 Å². The highest BCUT2D eigenvalue weighted by Gasteiger charge is 2.19. The Bertz CT molecular complexity index is 996. The van der Waals surface area contributed by atoms with E-state index >= 15 is 0 Å². The monoisotopic (exact) mass is 411 g/mol. The van der Waals surface area contributed by atoms with Gasteiger partial charge in [0.25, 0.3) is 0 Å². The van der Waals surface area contributed by atoms with Gasteiger partial charge in [-0.25, -0.2) is 17.2 Å². The highest BCUT2D eigenvalue weighted by molar-refractivity contribution is 7.92. The lowest BCUT2D eigenvalue weighted by Crippen LogP contribution is -2.31. The Morgan fingerprint density at radius 3 is 2.43 bits per heavy atom. The molecule has 0 fully saturated rings. The van der Waals surface area contributed by atoms with Gasteiger partial charge in [0.15, 0.2) is 11.6 Å². The fourth-order valence-corrected chi connectivity index (χ4v) is 3.44. The highest BCUT2D eigenvalue weighted by Crippen LogP contribution is 2.21. The highest BCUT2D eigenvalue weighted by atomic mass is 32.2. The molecule has 10 heteroatoms. The van der Waals surface area contributed by atoms with Gasteiger partial charge >= 0.3 is 0 Å². The second-order valence-corrected chi connectivity index (χ2v) is 7.94. The van der Waals surface area contributed by atoms with Gasteiger partial charge in [-0.3, -0.25) is 13.9 Å². The standard InChI is InChI=1S/C18H19F2N3O4S/c1-28(26,27)23(14-7-8-15(19)16(20)11-14)9-3-6-17(24)22-13-5-2-4-12(10-13)18(21)25/h2,4-5,7-8,10-11H,3,6,9H2,1H3,(H2,21,25)(H,22,24). The predicted octanol–water partition coefficient (Wildman–Crippen LogP) is 2.25. The fraction of sp³-hybridized carbons (Fsp3) is 0.222. The third-order valence-corrected chi connectivity index (χ3v) is 4.98. The van der Waals surface area contributed by atoms with Crippen LogP contribution in [-0.2, 0) is 14.8 Å². The molecule has 0 aliphatic heterocycles. The molecular weight excluding hydrogens is 392 g/mol. The maximum atomic E-state index is 13.4. The number of anilines is 2. The molecule has 0 radical (unpaired) electrons. The molecule has 2 aromatic rings. The summed E-state index contributed by atoms with van der Waals surface area (Å²) in [4.78, 5) is 23.2. The number of carbonyl (C=O) groups excluding carboxylic acids is 2. The van der Waals surface area contributed by atoms with Crippen LogP contribution in [0.5, 0.6) is 0 Å². The van der Waals surface area contributed by atoms with Gasteiger partial charge < -0.3 is 11.1 Å². The van der Waals surface area contributed by atoms with Crippen molar-refractivity contribution < 1.29 is 26.8 Å². The molecule has 0 unspecified atom stereocenters. The average molecular weight is 411 g/mol. The number of hydrogen-bond acceptors (Lipinski definition) is 4. The van der Waals surface area contributed by atoms with Crippen LogP contribution in [0.4, 0.5) is 20.2 Å². The average Bonchev–Trinajstić information content (AvgIpc) is 2.60. The van der Waals surface area contributed by atoms with Gasteiger partial charge in [-0.15, -0.1) is 0 Å². The Labute approximate surface area is 161 Å². The second kappa shape index (κ2) is 8.79. The summed E-state index contributed by atoms with van der Waals surface area (Å²) in [5.41, 5.74) is 5.76. The molecule has 2 rings (SSSR count). The van der Waals surface area contributed by atoms with E-state index in [1.807, 2.05) is 0 Å². The SMILES string of the molecule is CS(=O)(=O)N(CCCC(=O)Nc1cccc(C(N)=O)c1)c1ccc(F)c(F)c1. The molecular formula is C18H19F2N3O4S. The maximum absolute atomic E-state index is 13.4. The third kappa shape index (κ3) is 5.74. The van der Waals surface area contributed by atoms with E-state index in [9.17, 15) is 26.8 Å². The topological polar surface area (TPSA) is 110 Å². The number of rotatable bonds is 8. The summed E-state index contributed by atoms with van der Waals surface area (Å²) >= 11 is 0. The van der Waals surface area contributed by atoms with Crippen LogP contribution in [-0.4, -0.2) is 33.0 Å². The first-order chi connectivity index (χ1) is 13.1. The van der Waals surface area contributed by atoms with Gasteiger partial charge in [-0.2, -0.15) is 0 Å². The zero-order chi connectivity index (χ0) is 20.9. The largest absolute Gasteiger partial charge is 0.366 e. The van der Waals surface area contributed by atoms with Gasteiger partial charge in [-0.05, 0) is 36.8 Å². The first-order valence-corrected chi connectivity index (χ1v) is 10.1. The van der Waals surface area contributed by atoms with Crippen molar-refractivity contribution in [3.05, 3.63) is 59.7 Å². The number of primary amides is 1. The molecule has 0 bridgehead atoms. The van der Waals surface area contributed by atoms with Crippen LogP contribution < -0.4 is 15.4 Å². The molecule has 2 aromatic carbocycles. The Hall–Kier alpha value is -3.01. The van der Waals surface area contributed by atoms with Crippen molar-refractivity contribution in [2.75, 3.05) is 22.4 Å². The molecule has 150 valence electrons. The minimum Gasteiger partial charge on any atom is -0.366 e. The lowest BCUT2D eigenvalue weighted by Gasteiger charge is -2.22. The van der Waals surface area contributed by atoms with Crippen LogP contribution in [0.25, 0.3) is 0 Å². The summed E-state index contributed by atoms with van der Waals surface area (Å²) < 4.78 is 51.3. The van der Waals surface area contributed by atoms with Crippen molar-refractivity contribution in [1.82, 2.24) is 0 Å². The maximum Gasteiger partial charge on any atom is 0.248 e. The Balaban J connectivity index is 2.00. The van der Waals surface area contributed by atoms with Crippen LogP contribution in [0.1, 0.15) is 23.2 Å². The minimum absolute atomic E-state index is 0.0313. The van der Waals surface area contributed by atoms with Crippen molar-refractivity contribution >= 4 is 33.2 Å². The number of benzene rings is 2. The molecule has 0 spiro atoms. The van der Waals surface area contributed by atoms with E-state index < -0.39 is 33.5 Å². The summed E-state index contributed by atoms with van der Waals surface area (Å²) in [7, 11) is -3.76. The number of nitrogens with two attached hydrogens (primary N) is 1. The molecule has 0 aromatic heterocycles. The van der Waals surface area contributed by atoms with E-state index in [-0.39, 0.29) is 30.6 Å². The molecule has 0 saturated carbocycles.